The fraction of sp³-hybridized carbons (Fsp3) is 0.471. The molecule has 0 aliphatic carbocycles. The predicted octanol–water partition coefficient (Wildman–Crippen LogP) is 2.88. The quantitative estimate of drug-likeness (QED) is 0.923. The van der Waals surface area contributed by atoms with E-state index in [0.29, 0.717) is 11.8 Å². The van der Waals surface area contributed by atoms with Crippen LogP contribution in [0.15, 0.2) is 36.5 Å². The summed E-state index contributed by atoms with van der Waals surface area (Å²) in [4.78, 5) is 8.43. The van der Waals surface area contributed by atoms with Crippen molar-refractivity contribution in [3.8, 4) is 0 Å². The first kappa shape index (κ1) is 14.7. The summed E-state index contributed by atoms with van der Waals surface area (Å²) in [7, 11) is 0. The zero-order valence-electron chi connectivity index (χ0n) is 12.5. The largest absolute Gasteiger partial charge is 0.330 e. The van der Waals surface area contributed by atoms with Crippen LogP contribution >= 0.6 is 11.3 Å². The SMILES string of the molecule is CCc1cnc(CN2C[C@@H](CN)[C@H](c3ccccc3)C2)s1. The number of hydrogen-bond acceptors (Lipinski definition) is 4. The first-order chi connectivity index (χ1) is 10.3. The predicted molar refractivity (Wildman–Crippen MR) is 88.5 cm³/mol. The van der Waals surface area contributed by atoms with Gasteiger partial charge in [0.25, 0.3) is 0 Å². The normalized spacial score (nSPS) is 22.8. The van der Waals surface area contributed by atoms with Crippen molar-refractivity contribution in [3.05, 3.63) is 52.0 Å². The number of rotatable bonds is 5. The van der Waals surface area contributed by atoms with E-state index in [9.17, 15) is 0 Å². The van der Waals surface area contributed by atoms with Crippen LogP contribution in [0.25, 0.3) is 0 Å². The highest BCUT2D eigenvalue weighted by molar-refractivity contribution is 7.11. The van der Waals surface area contributed by atoms with Gasteiger partial charge in [0.1, 0.15) is 5.01 Å². The van der Waals surface area contributed by atoms with Gasteiger partial charge < -0.3 is 5.73 Å². The molecule has 0 bridgehead atoms. The summed E-state index contributed by atoms with van der Waals surface area (Å²) < 4.78 is 0. The Morgan fingerprint density at radius 2 is 2.10 bits per heavy atom. The van der Waals surface area contributed by atoms with Crippen molar-refractivity contribution < 1.29 is 0 Å². The summed E-state index contributed by atoms with van der Waals surface area (Å²) in [5.74, 6) is 1.11. The van der Waals surface area contributed by atoms with E-state index in [0.717, 1.165) is 32.6 Å². The molecular formula is C17H23N3S. The lowest BCUT2D eigenvalue weighted by atomic mass is 9.89. The molecule has 1 aliphatic heterocycles. The molecule has 1 aliphatic rings. The van der Waals surface area contributed by atoms with Crippen LogP contribution in [-0.4, -0.2) is 29.5 Å². The van der Waals surface area contributed by atoms with Gasteiger partial charge in [-0.15, -0.1) is 11.3 Å². The van der Waals surface area contributed by atoms with Gasteiger partial charge in [-0.1, -0.05) is 37.3 Å². The van der Waals surface area contributed by atoms with Crippen molar-refractivity contribution in [3.63, 3.8) is 0 Å². The minimum Gasteiger partial charge on any atom is -0.330 e. The highest BCUT2D eigenvalue weighted by Gasteiger charge is 2.32. The van der Waals surface area contributed by atoms with E-state index in [-0.39, 0.29) is 0 Å². The number of thiazole rings is 1. The van der Waals surface area contributed by atoms with E-state index in [4.69, 9.17) is 5.73 Å². The topological polar surface area (TPSA) is 42.2 Å². The third-order valence-electron chi connectivity index (χ3n) is 4.36. The molecule has 21 heavy (non-hydrogen) atoms. The third kappa shape index (κ3) is 3.34. The molecule has 3 nitrogen and oxygen atoms in total. The second kappa shape index (κ2) is 6.69. The van der Waals surface area contributed by atoms with Crippen LogP contribution in [0.5, 0.6) is 0 Å². The van der Waals surface area contributed by atoms with Gasteiger partial charge in [0.2, 0.25) is 0 Å². The molecule has 0 spiro atoms. The summed E-state index contributed by atoms with van der Waals surface area (Å²) in [5.41, 5.74) is 7.42. The standard InChI is InChI=1S/C17H23N3S/c1-2-15-9-19-17(21-15)12-20-10-14(8-18)16(11-20)13-6-4-3-5-7-13/h3-7,9,14,16H,2,8,10-12,18H2,1H3/t14-,16+/m1/s1. The van der Waals surface area contributed by atoms with Crippen molar-refractivity contribution in [1.82, 2.24) is 9.88 Å². The van der Waals surface area contributed by atoms with E-state index in [1.807, 2.05) is 17.5 Å². The Hall–Kier alpha value is -1.23. The molecule has 2 N–H and O–H groups in total. The van der Waals surface area contributed by atoms with Crippen molar-refractivity contribution in [1.29, 1.82) is 0 Å². The van der Waals surface area contributed by atoms with Gasteiger partial charge >= 0.3 is 0 Å². The number of benzene rings is 1. The number of nitrogens with two attached hydrogens (primary N) is 1. The van der Waals surface area contributed by atoms with Gasteiger partial charge in [-0.3, -0.25) is 4.90 Å². The Bertz CT molecular complexity index is 566. The van der Waals surface area contributed by atoms with Crippen LogP contribution in [0.3, 0.4) is 0 Å². The molecule has 1 aromatic carbocycles. The van der Waals surface area contributed by atoms with Gasteiger partial charge in [0.05, 0.1) is 6.54 Å². The zero-order chi connectivity index (χ0) is 14.7. The number of aromatic nitrogens is 1. The minimum absolute atomic E-state index is 0.554. The summed E-state index contributed by atoms with van der Waals surface area (Å²) in [6, 6.07) is 10.8. The second-order valence-corrected chi connectivity index (χ2v) is 6.98. The summed E-state index contributed by atoms with van der Waals surface area (Å²) >= 11 is 1.84. The average molecular weight is 301 g/mol. The lowest BCUT2D eigenvalue weighted by Gasteiger charge is -2.16. The number of nitrogens with zero attached hydrogens (tertiary/aromatic N) is 2. The number of aryl methyl sites for hydroxylation is 1. The molecule has 1 fully saturated rings. The maximum Gasteiger partial charge on any atom is 0.107 e. The molecule has 2 atom stereocenters. The van der Waals surface area contributed by atoms with Crippen LogP contribution in [0, 0.1) is 5.92 Å². The molecule has 0 saturated carbocycles. The molecule has 1 aromatic heterocycles. The second-order valence-electron chi connectivity index (χ2n) is 5.78. The Balaban J connectivity index is 1.69. The molecule has 0 radical (unpaired) electrons. The Morgan fingerprint density at radius 1 is 1.29 bits per heavy atom. The molecule has 4 heteroatoms. The summed E-state index contributed by atoms with van der Waals surface area (Å²) in [6.07, 6.45) is 3.10. The lowest BCUT2D eigenvalue weighted by Crippen LogP contribution is -2.23. The van der Waals surface area contributed by atoms with Gasteiger partial charge in [-0.2, -0.15) is 0 Å². The highest BCUT2D eigenvalue weighted by atomic mass is 32.1. The molecule has 3 rings (SSSR count). The molecule has 2 heterocycles. The Labute approximate surface area is 130 Å². The van der Waals surface area contributed by atoms with Gasteiger partial charge in [-0.05, 0) is 24.4 Å². The molecule has 1 saturated heterocycles. The van der Waals surface area contributed by atoms with Crippen LogP contribution in [0.1, 0.15) is 28.3 Å². The van der Waals surface area contributed by atoms with Crippen LogP contribution in [0.2, 0.25) is 0 Å². The van der Waals surface area contributed by atoms with E-state index < -0.39 is 0 Å². The average Bonchev–Trinajstić information content (AvgIpc) is 3.15. The van der Waals surface area contributed by atoms with E-state index >= 15 is 0 Å². The molecular weight excluding hydrogens is 278 g/mol. The molecule has 0 unspecified atom stereocenters. The maximum atomic E-state index is 6.00. The number of hydrogen-bond donors (Lipinski definition) is 1. The monoisotopic (exact) mass is 301 g/mol. The zero-order valence-corrected chi connectivity index (χ0v) is 13.4. The Morgan fingerprint density at radius 3 is 2.76 bits per heavy atom. The van der Waals surface area contributed by atoms with E-state index in [2.05, 4.69) is 47.1 Å². The third-order valence-corrected chi connectivity index (χ3v) is 5.48. The van der Waals surface area contributed by atoms with Gasteiger partial charge in [0, 0.05) is 30.1 Å². The van der Waals surface area contributed by atoms with Crippen LogP contribution in [-0.2, 0) is 13.0 Å². The molecule has 0 amide bonds. The summed E-state index contributed by atoms with van der Waals surface area (Å²) in [6.45, 7) is 6.08. The first-order valence-electron chi connectivity index (χ1n) is 7.71. The Kier molecular flexibility index (Phi) is 4.68. The van der Waals surface area contributed by atoms with E-state index in [1.165, 1.54) is 15.4 Å². The smallest absolute Gasteiger partial charge is 0.107 e. The van der Waals surface area contributed by atoms with Crippen molar-refractivity contribution in [2.75, 3.05) is 19.6 Å². The molecule has 2 aromatic rings. The lowest BCUT2D eigenvalue weighted by molar-refractivity contribution is 0.316. The molecule has 112 valence electrons. The minimum atomic E-state index is 0.554. The highest BCUT2D eigenvalue weighted by Crippen LogP contribution is 2.33. The van der Waals surface area contributed by atoms with E-state index in [1.54, 1.807) is 0 Å². The number of likely N-dealkylation sites (tertiary alicyclic amines) is 1. The fourth-order valence-corrected chi connectivity index (χ4v) is 4.09. The fourth-order valence-electron chi connectivity index (χ4n) is 3.18. The first-order valence-corrected chi connectivity index (χ1v) is 8.52. The van der Waals surface area contributed by atoms with Crippen LogP contribution in [0.4, 0.5) is 0 Å². The van der Waals surface area contributed by atoms with Gasteiger partial charge in [-0.25, -0.2) is 4.98 Å². The van der Waals surface area contributed by atoms with Gasteiger partial charge in [0.15, 0.2) is 0 Å². The maximum absolute atomic E-state index is 6.00. The van der Waals surface area contributed by atoms with Crippen molar-refractivity contribution >= 4 is 11.3 Å². The van der Waals surface area contributed by atoms with Crippen LogP contribution < -0.4 is 5.73 Å². The summed E-state index contributed by atoms with van der Waals surface area (Å²) in [5, 5.41) is 1.23. The van der Waals surface area contributed by atoms with Crippen molar-refractivity contribution in [2.24, 2.45) is 11.7 Å². The van der Waals surface area contributed by atoms with Crippen molar-refractivity contribution in [2.45, 2.75) is 25.8 Å².